The molecule has 32 heavy (non-hydrogen) atoms. The summed E-state index contributed by atoms with van der Waals surface area (Å²) in [5.41, 5.74) is 3.50. The van der Waals surface area contributed by atoms with Crippen LogP contribution in [0.1, 0.15) is 21.5 Å². The van der Waals surface area contributed by atoms with E-state index in [2.05, 4.69) is 15.0 Å². The fraction of sp³-hybridized carbons (Fsp3) is 0.0833. The summed E-state index contributed by atoms with van der Waals surface area (Å²) >= 11 is 0. The van der Waals surface area contributed by atoms with Crippen molar-refractivity contribution in [2.24, 2.45) is 0 Å². The lowest BCUT2D eigenvalue weighted by molar-refractivity contribution is 0.0951. The van der Waals surface area contributed by atoms with Crippen LogP contribution in [-0.2, 0) is 16.6 Å². The number of carbonyl (C=O) groups excluding carboxylic acids is 1. The van der Waals surface area contributed by atoms with Crippen LogP contribution >= 0.6 is 0 Å². The largest absolute Gasteiger partial charge is 0.348 e. The van der Waals surface area contributed by atoms with E-state index in [-0.39, 0.29) is 10.8 Å². The molecule has 0 unspecified atom stereocenters. The highest BCUT2D eigenvalue weighted by Crippen LogP contribution is 2.21. The lowest BCUT2D eigenvalue weighted by Crippen LogP contribution is -2.23. The van der Waals surface area contributed by atoms with E-state index in [9.17, 15) is 13.2 Å². The van der Waals surface area contributed by atoms with Crippen molar-refractivity contribution in [2.75, 3.05) is 4.72 Å². The Bertz CT molecular complexity index is 1320. The van der Waals surface area contributed by atoms with Crippen molar-refractivity contribution in [2.45, 2.75) is 18.4 Å². The predicted molar refractivity (Wildman–Crippen MR) is 123 cm³/mol. The summed E-state index contributed by atoms with van der Waals surface area (Å²) in [4.78, 5) is 16.8. The van der Waals surface area contributed by atoms with Crippen LogP contribution < -0.4 is 10.0 Å². The Morgan fingerprint density at radius 1 is 1.00 bits per heavy atom. The number of benzene rings is 3. The van der Waals surface area contributed by atoms with Gasteiger partial charge in [0.25, 0.3) is 15.9 Å². The smallest absolute Gasteiger partial charge is 0.261 e. The van der Waals surface area contributed by atoms with Gasteiger partial charge in [0.05, 0.1) is 16.9 Å². The second kappa shape index (κ2) is 9.07. The zero-order chi connectivity index (χ0) is 22.6. The Hall–Kier alpha value is -3.91. The molecule has 0 saturated carbocycles. The predicted octanol–water partition coefficient (Wildman–Crippen LogP) is 3.91. The average Bonchev–Trinajstić information content (AvgIpc) is 3.35. The number of hydrogen-bond acceptors (Lipinski definition) is 4. The average molecular weight is 447 g/mol. The Balaban J connectivity index is 1.40. The molecule has 0 aliphatic rings. The van der Waals surface area contributed by atoms with Gasteiger partial charge >= 0.3 is 0 Å². The first-order valence-electron chi connectivity index (χ1n) is 9.96. The molecule has 0 saturated heterocycles. The third kappa shape index (κ3) is 4.87. The van der Waals surface area contributed by atoms with Gasteiger partial charge in [-0.05, 0) is 60.5 Å². The molecule has 0 aliphatic heterocycles. The first kappa shape index (κ1) is 21.3. The molecule has 2 N–H and O–H groups in total. The highest BCUT2D eigenvalue weighted by molar-refractivity contribution is 7.92. The van der Waals surface area contributed by atoms with Crippen molar-refractivity contribution in [1.29, 1.82) is 0 Å². The van der Waals surface area contributed by atoms with Gasteiger partial charge in [-0.3, -0.25) is 9.52 Å². The van der Waals surface area contributed by atoms with Gasteiger partial charge in [0.2, 0.25) is 0 Å². The topological polar surface area (TPSA) is 93.1 Å². The SMILES string of the molecule is Cc1cc(C(=O)NCc2ccc(-n3ccnc3)cc2)ccc1NS(=O)(=O)c1ccccc1. The molecule has 4 rings (SSSR count). The van der Waals surface area contributed by atoms with Crippen molar-refractivity contribution < 1.29 is 13.2 Å². The van der Waals surface area contributed by atoms with E-state index >= 15 is 0 Å². The van der Waals surface area contributed by atoms with Gasteiger partial charge in [-0.2, -0.15) is 0 Å². The minimum absolute atomic E-state index is 0.181. The lowest BCUT2D eigenvalue weighted by atomic mass is 10.1. The quantitative estimate of drug-likeness (QED) is 0.450. The number of aromatic nitrogens is 2. The van der Waals surface area contributed by atoms with Gasteiger partial charge in [-0.25, -0.2) is 13.4 Å². The minimum atomic E-state index is -3.69. The summed E-state index contributed by atoms with van der Waals surface area (Å²) in [6, 6.07) is 20.8. The second-order valence-electron chi connectivity index (χ2n) is 7.27. The van der Waals surface area contributed by atoms with Gasteiger partial charge in [0.15, 0.2) is 0 Å². The van der Waals surface area contributed by atoms with Gasteiger partial charge in [0.1, 0.15) is 0 Å². The highest BCUT2D eigenvalue weighted by atomic mass is 32.2. The van der Waals surface area contributed by atoms with E-state index in [1.807, 2.05) is 35.0 Å². The summed E-state index contributed by atoms with van der Waals surface area (Å²) in [6.07, 6.45) is 5.31. The molecule has 0 radical (unpaired) electrons. The molecular weight excluding hydrogens is 424 g/mol. The number of nitrogens with zero attached hydrogens (tertiary/aromatic N) is 2. The van der Waals surface area contributed by atoms with E-state index in [0.717, 1.165) is 11.3 Å². The number of nitrogens with one attached hydrogen (secondary N) is 2. The third-order valence-electron chi connectivity index (χ3n) is 4.98. The number of amides is 1. The maximum atomic E-state index is 12.6. The molecular formula is C24H22N4O3S. The van der Waals surface area contributed by atoms with Crippen molar-refractivity contribution in [3.63, 3.8) is 0 Å². The van der Waals surface area contributed by atoms with E-state index < -0.39 is 10.0 Å². The van der Waals surface area contributed by atoms with E-state index in [1.165, 1.54) is 12.1 Å². The Morgan fingerprint density at radius 2 is 1.75 bits per heavy atom. The minimum Gasteiger partial charge on any atom is -0.348 e. The molecule has 162 valence electrons. The Morgan fingerprint density at radius 3 is 2.41 bits per heavy atom. The van der Waals surface area contributed by atoms with Crippen LogP contribution in [0.4, 0.5) is 5.69 Å². The number of rotatable bonds is 7. The van der Waals surface area contributed by atoms with E-state index in [1.54, 1.807) is 55.8 Å². The van der Waals surface area contributed by atoms with Gasteiger partial charge < -0.3 is 9.88 Å². The summed E-state index contributed by atoms with van der Waals surface area (Å²) in [6.45, 7) is 2.14. The lowest BCUT2D eigenvalue weighted by Gasteiger charge is -2.12. The normalized spacial score (nSPS) is 11.2. The highest BCUT2D eigenvalue weighted by Gasteiger charge is 2.15. The van der Waals surface area contributed by atoms with Crippen molar-refractivity contribution in [3.8, 4) is 5.69 Å². The third-order valence-corrected chi connectivity index (χ3v) is 6.36. The second-order valence-corrected chi connectivity index (χ2v) is 8.95. The van der Waals surface area contributed by atoms with Crippen LogP contribution in [-0.4, -0.2) is 23.9 Å². The molecule has 3 aromatic carbocycles. The fourth-order valence-corrected chi connectivity index (χ4v) is 4.36. The first-order valence-corrected chi connectivity index (χ1v) is 11.4. The van der Waals surface area contributed by atoms with E-state index in [4.69, 9.17) is 0 Å². The first-order chi connectivity index (χ1) is 15.4. The molecule has 0 fully saturated rings. The number of hydrogen-bond donors (Lipinski definition) is 2. The number of aryl methyl sites for hydroxylation is 1. The molecule has 8 heteroatoms. The Kier molecular flexibility index (Phi) is 6.04. The van der Waals surface area contributed by atoms with Crippen molar-refractivity contribution in [3.05, 3.63) is 108 Å². The molecule has 1 heterocycles. The Labute approximate surface area is 186 Å². The van der Waals surface area contributed by atoms with Crippen LogP contribution in [0.15, 0.2) is 96.4 Å². The molecule has 0 atom stereocenters. The number of sulfonamides is 1. The van der Waals surface area contributed by atoms with Gasteiger partial charge in [-0.1, -0.05) is 30.3 Å². The number of anilines is 1. The standard InChI is InChI=1S/C24H22N4O3S/c1-18-15-20(9-12-23(18)27-32(30,31)22-5-3-2-4-6-22)24(29)26-16-19-7-10-21(11-8-19)28-14-13-25-17-28/h2-15,17,27H,16H2,1H3,(H,26,29). The molecule has 4 aromatic rings. The zero-order valence-corrected chi connectivity index (χ0v) is 18.2. The zero-order valence-electron chi connectivity index (χ0n) is 17.4. The van der Waals surface area contributed by atoms with Crippen LogP contribution in [0.5, 0.6) is 0 Å². The maximum Gasteiger partial charge on any atom is 0.261 e. The summed E-state index contributed by atoms with van der Waals surface area (Å²) in [7, 11) is -3.69. The van der Waals surface area contributed by atoms with Crippen LogP contribution in [0.3, 0.4) is 0 Å². The molecule has 0 spiro atoms. The molecule has 1 amide bonds. The molecule has 0 aliphatic carbocycles. The summed E-state index contributed by atoms with van der Waals surface area (Å²) < 4.78 is 29.6. The van der Waals surface area contributed by atoms with Crippen molar-refractivity contribution >= 4 is 21.6 Å². The van der Waals surface area contributed by atoms with Gasteiger partial charge in [-0.15, -0.1) is 0 Å². The molecule has 0 bridgehead atoms. The van der Waals surface area contributed by atoms with Gasteiger partial charge in [0, 0.05) is 30.2 Å². The molecule has 1 aromatic heterocycles. The van der Waals surface area contributed by atoms with E-state index in [0.29, 0.717) is 23.4 Å². The number of imidazole rings is 1. The maximum absolute atomic E-state index is 12.6. The number of carbonyl (C=O) groups is 1. The van der Waals surface area contributed by atoms with Crippen LogP contribution in [0.2, 0.25) is 0 Å². The van der Waals surface area contributed by atoms with Crippen LogP contribution in [0, 0.1) is 6.92 Å². The molecule has 7 nitrogen and oxygen atoms in total. The fourth-order valence-electron chi connectivity index (χ4n) is 3.20. The van der Waals surface area contributed by atoms with Crippen molar-refractivity contribution in [1.82, 2.24) is 14.9 Å². The summed E-state index contributed by atoms with van der Waals surface area (Å²) in [5.74, 6) is -0.232. The van der Waals surface area contributed by atoms with Crippen LogP contribution in [0.25, 0.3) is 5.69 Å². The monoisotopic (exact) mass is 446 g/mol. The summed E-state index contributed by atoms with van der Waals surface area (Å²) in [5, 5.41) is 2.89.